The summed E-state index contributed by atoms with van der Waals surface area (Å²) in [5.41, 5.74) is 0.475. The van der Waals surface area contributed by atoms with Crippen LogP contribution >= 0.6 is 0 Å². The average molecular weight is 930 g/mol. The Labute approximate surface area is 381 Å². The fourth-order valence-electron chi connectivity index (χ4n) is 9.88. The second-order valence-corrected chi connectivity index (χ2v) is 17.8. The van der Waals surface area contributed by atoms with Crippen LogP contribution in [0, 0.1) is 23.3 Å². The highest BCUT2D eigenvalue weighted by molar-refractivity contribution is 6.05. The zero-order valence-corrected chi connectivity index (χ0v) is 36.9. The van der Waals surface area contributed by atoms with Crippen molar-refractivity contribution in [1.82, 2.24) is 34.8 Å². The van der Waals surface area contributed by atoms with E-state index in [1.807, 2.05) is 0 Å². The summed E-state index contributed by atoms with van der Waals surface area (Å²) in [5, 5.41) is 6.51. The number of nitrogens with one attached hydrogen (secondary N) is 2. The Bertz CT molecular complexity index is 2780. The highest BCUT2D eigenvalue weighted by Crippen LogP contribution is 2.42. The predicted molar refractivity (Wildman–Crippen MR) is 239 cm³/mol. The molecule has 3 fully saturated rings. The van der Waals surface area contributed by atoms with E-state index in [9.17, 15) is 19.2 Å². The van der Waals surface area contributed by atoms with Gasteiger partial charge in [0.05, 0.1) is 35.4 Å². The van der Waals surface area contributed by atoms with Gasteiger partial charge in [-0.1, -0.05) is 12.1 Å². The number of aryl methyl sites for hydroxylation is 1. The molecule has 4 aliphatic rings. The molecule has 0 bridgehead atoms. The number of fused-ring (bicyclic) bond motifs is 1. The number of piperidine rings is 2. The van der Waals surface area contributed by atoms with Crippen LogP contribution in [-0.4, -0.2) is 132 Å². The lowest BCUT2D eigenvalue weighted by Gasteiger charge is -2.47. The largest absolute Gasteiger partial charge is 0.367 e. The third kappa shape index (κ3) is 9.00. The van der Waals surface area contributed by atoms with E-state index in [1.54, 1.807) is 56.1 Å². The number of hydrogen-bond acceptors (Lipinski definition) is 8. The van der Waals surface area contributed by atoms with Crippen LogP contribution in [0.4, 0.5) is 37.7 Å². The molecule has 2 aromatic heterocycles. The zero-order valence-electron chi connectivity index (χ0n) is 36.9. The van der Waals surface area contributed by atoms with Gasteiger partial charge in [-0.3, -0.25) is 34.1 Å². The smallest absolute Gasteiger partial charge is 0.280 e. The van der Waals surface area contributed by atoms with Gasteiger partial charge in [0.2, 0.25) is 17.7 Å². The van der Waals surface area contributed by atoms with Gasteiger partial charge in [-0.05, 0) is 72.4 Å². The maximum Gasteiger partial charge on any atom is 0.280 e. The number of imide groups is 1. The Balaban J connectivity index is 0.920. The number of H-pyrrole nitrogens is 1. The van der Waals surface area contributed by atoms with Crippen molar-refractivity contribution in [2.24, 2.45) is 0 Å². The van der Waals surface area contributed by atoms with Crippen LogP contribution in [0.5, 0.6) is 0 Å². The van der Waals surface area contributed by atoms with Crippen molar-refractivity contribution in [3.63, 3.8) is 0 Å². The maximum absolute atomic E-state index is 16.6. The first-order valence-corrected chi connectivity index (χ1v) is 22.3. The zero-order chi connectivity index (χ0) is 47.3. The molecule has 67 heavy (non-hydrogen) atoms. The molecule has 2 N–H and O–H groups in total. The SMILES string of the molecule is CN(C)C(=O)c1cc2c(-c3cc(F)c(N4CC[C@@H](N5CCN(c6ccc(C7CCC(=O)NC7=O)cc6F)CC5)C(F)(F)C4)cc3F)cc(C3=CCCN(C(=O)CCn4cccn4)C3)c(F)c2[nH]1. The van der Waals surface area contributed by atoms with Crippen molar-refractivity contribution >= 4 is 51.5 Å². The van der Waals surface area contributed by atoms with Crippen LogP contribution in [0.15, 0.2) is 67.0 Å². The normalized spacial score (nSPS) is 20.3. The van der Waals surface area contributed by atoms with E-state index in [-0.39, 0.29) is 121 Å². The van der Waals surface area contributed by atoms with Crippen LogP contribution in [0.1, 0.15) is 59.6 Å². The van der Waals surface area contributed by atoms with Crippen LogP contribution in [0.3, 0.4) is 0 Å². The number of anilines is 2. The summed E-state index contributed by atoms with van der Waals surface area (Å²) in [6.07, 6.45) is 6.06. The lowest BCUT2D eigenvalue weighted by Crippen LogP contribution is -2.62. The molecule has 3 aromatic carbocycles. The summed E-state index contributed by atoms with van der Waals surface area (Å²) in [7, 11) is 3.03. The van der Waals surface area contributed by atoms with Crippen molar-refractivity contribution < 1.29 is 45.5 Å². The van der Waals surface area contributed by atoms with E-state index in [0.717, 1.165) is 17.0 Å². The minimum Gasteiger partial charge on any atom is -0.367 e. The molecule has 9 rings (SSSR count). The van der Waals surface area contributed by atoms with Gasteiger partial charge in [0.15, 0.2) is 5.82 Å². The van der Waals surface area contributed by atoms with Crippen LogP contribution in [0.25, 0.3) is 27.6 Å². The van der Waals surface area contributed by atoms with Crippen molar-refractivity contribution in [3.05, 3.63) is 107 Å². The summed E-state index contributed by atoms with van der Waals surface area (Å²) in [6.45, 7) is 0.753. The lowest BCUT2D eigenvalue weighted by molar-refractivity contribution is -0.134. The Kier molecular flexibility index (Phi) is 12.4. The van der Waals surface area contributed by atoms with Gasteiger partial charge < -0.3 is 24.6 Å². The molecule has 5 aromatic rings. The van der Waals surface area contributed by atoms with Crippen molar-refractivity contribution in [2.45, 2.75) is 56.5 Å². The molecule has 0 aliphatic carbocycles. The number of carbonyl (C=O) groups excluding carboxylic acids is 4. The molecular formula is C48H49F6N9O4. The van der Waals surface area contributed by atoms with Crippen LogP contribution < -0.4 is 15.1 Å². The molecule has 352 valence electrons. The fraction of sp³-hybridized carbons (Fsp3) is 0.396. The molecule has 19 heteroatoms. The van der Waals surface area contributed by atoms with Crippen LogP contribution in [0.2, 0.25) is 0 Å². The molecule has 4 amide bonds. The molecule has 6 heterocycles. The van der Waals surface area contributed by atoms with E-state index in [4.69, 9.17) is 0 Å². The monoisotopic (exact) mass is 929 g/mol. The molecule has 0 spiro atoms. The van der Waals surface area contributed by atoms with E-state index in [0.29, 0.717) is 30.6 Å². The molecule has 1 unspecified atom stereocenters. The second kappa shape index (κ2) is 18.2. The van der Waals surface area contributed by atoms with Gasteiger partial charge in [0.25, 0.3) is 11.8 Å². The van der Waals surface area contributed by atoms with Gasteiger partial charge in [0.1, 0.15) is 23.1 Å². The number of amides is 4. The first-order chi connectivity index (χ1) is 32.1. The molecular weight excluding hydrogens is 881 g/mol. The quantitative estimate of drug-likeness (QED) is 0.119. The summed E-state index contributed by atoms with van der Waals surface area (Å²) in [4.78, 5) is 60.5. The number of nitrogens with zero attached hydrogens (tertiary/aromatic N) is 7. The summed E-state index contributed by atoms with van der Waals surface area (Å²) in [6, 6.07) is 9.54. The van der Waals surface area contributed by atoms with E-state index >= 15 is 26.3 Å². The third-order valence-corrected chi connectivity index (χ3v) is 13.4. The summed E-state index contributed by atoms with van der Waals surface area (Å²) >= 11 is 0. The minimum absolute atomic E-state index is 0.00205. The van der Waals surface area contributed by atoms with E-state index < -0.39 is 59.5 Å². The van der Waals surface area contributed by atoms with Crippen molar-refractivity contribution in [3.8, 4) is 11.1 Å². The highest BCUT2D eigenvalue weighted by Gasteiger charge is 2.48. The first kappa shape index (κ1) is 45.5. The number of benzene rings is 3. The number of aromatic nitrogens is 3. The summed E-state index contributed by atoms with van der Waals surface area (Å²) < 4.78 is 98.8. The van der Waals surface area contributed by atoms with Crippen LogP contribution in [-0.2, 0) is 20.9 Å². The van der Waals surface area contributed by atoms with Gasteiger partial charge in [-0.25, -0.2) is 26.3 Å². The van der Waals surface area contributed by atoms with Crippen molar-refractivity contribution in [2.75, 3.05) is 76.3 Å². The highest BCUT2D eigenvalue weighted by atomic mass is 19.3. The minimum atomic E-state index is -3.35. The fourth-order valence-corrected chi connectivity index (χ4v) is 9.88. The molecule has 0 radical (unpaired) electrons. The molecule has 13 nitrogen and oxygen atoms in total. The molecule has 2 atom stereocenters. The number of rotatable bonds is 10. The van der Waals surface area contributed by atoms with Gasteiger partial charge in [0, 0.05) is 114 Å². The number of carbonyl (C=O) groups is 4. The third-order valence-electron chi connectivity index (χ3n) is 13.4. The molecule has 4 aliphatic heterocycles. The second-order valence-electron chi connectivity index (χ2n) is 17.8. The van der Waals surface area contributed by atoms with Gasteiger partial charge in [-0.15, -0.1) is 0 Å². The number of alkyl halides is 2. The Morgan fingerprint density at radius 2 is 1.63 bits per heavy atom. The number of hydrogen-bond donors (Lipinski definition) is 2. The number of halogens is 6. The molecule has 0 saturated carbocycles. The van der Waals surface area contributed by atoms with E-state index in [1.165, 1.54) is 37.2 Å². The standard InChI is InChI=1S/C48H49F6N9O4/c1-58(2)47(67)38-24-34-32(22-31(44(52)45(34)56-38)29-5-3-13-61(26-29)43(65)11-16-63-14-4-12-55-63)33-23-37(51)40(25-35(33)49)62-15-10-41(48(53,54)27-62)60-19-17-59(18-20-60)39-8-6-28(21-36(39)50)30-7-9-42(64)57-46(30)66/h4-6,8,12,14,21-25,30,41,56H,3,7,9-11,13,15-20,26-27H2,1-2H3,(H,57,64,66)/t30?,41-/m1/s1. The van der Waals surface area contributed by atoms with E-state index in [2.05, 4.69) is 15.4 Å². The molecule has 3 saturated heterocycles. The Hall–Kier alpha value is -6.63. The Morgan fingerprint density at radius 1 is 0.851 bits per heavy atom. The first-order valence-electron chi connectivity index (χ1n) is 22.3. The number of piperazine rings is 1. The predicted octanol–water partition coefficient (Wildman–Crippen LogP) is 6.55. The summed E-state index contributed by atoms with van der Waals surface area (Å²) in [5.74, 6) is -8.75. The maximum atomic E-state index is 16.6. The Morgan fingerprint density at radius 3 is 2.33 bits per heavy atom. The lowest BCUT2D eigenvalue weighted by atomic mass is 9.90. The van der Waals surface area contributed by atoms with Gasteiger partial charge >= 0.3 is 0 Å². The topological polar surface area (TPSA) is 130 Å². The number of aromatic amines is 1. The van der Waals surface area contributed by atoms with Gasteiger partial charge in [-0.2, -0.15) is 5.10 Å². The average Bonchev–Trinajstić information content (AvgIpc) is 4.00. The van der Waals surface area contributed by atoms with Crippen molar-refractivity contribution in [1.29, 1.82) is 0 Å².